The van der Waals surface area contributed by atoms with Gasteiger partial charge in [0.2, 0.25) is 0 Å². The first-order valence-corrected chi connectivity index (χ1v) is 11.0. The van der Waals surface area contributed by atoms with E-state index in [9.17, 15) is 0 Å². The van der Waals surface area contributed by atoms with Crippen LogP contribution in [0.1, 0.15) is 43.7 Å². The summed E-state index contributed by atoms with van der Waals surface area (Å²) in [7, 11) is 0. The molecular formula is C25H31N5. The maximum Gasteiger partial charge on any atom is 0.191 e. The van der Waals surface area contributed by atoms with Crippen molar-refractivity contribution in [3.63, 3.8) is 0 Å². The quantitative estimate of drug-likeness (QED) is 0.449. The smallest absolute Gasteiger partial charge is 0.191 e. The number of nitrogens with one attached hydrogen (secondary N) is 2. The van der Waals surface area contributed by atoms with Gasteiger partial charge in [-0.2, -0.15) is 0 Å². The Morgan fingerprint density at radius 2 is 1.90 bits per heavy atom. The van der Waals surface area contributed by atoms with Gasteiger partial charge in [0.1, 0.15) is 0 Å². The standard InChI is InChI=1S/C25H31N5/c1-2-27-25(29-23-8-4-5-9-23)28-17-22-7-3-6-10-24(22)21-13-11-20(12-14-21)18-30-16-15-26-19-30/h3,6-7,10-16,19,23H,2,4-5,8-9,17-18H2,1H3,(H2,27,28,29). The highest BCUT2D eigenvalue weighted by Gasteiger charge is 2.16. The first kappa shape index (κ1) is 20.2. The van der Waals surface area contributed by atoms with Crippen molar-refractivity contribution in [3.8, 4) is 11.1 Å². The highest BCUT2D eigenvalue weighted by molar-refractivity contribution is 5.80. The first-order chi connectivity index (χ1) is 14.8. The van der Waals surface area contributed by atoms with E-state index in [4.69, 9.17) is 4.99 Å². The third-order valence-corrected chi connectivity index (χ3v) is 5.65. The summed E-state index contributed by atoms with van der Waals surface area (Å²) in [5.74, 6) is 0.926. The van der Waals surface area contributed by atoms with Crippen LogP contribution in [0.3, 0.4) is 0 Å². The number of aromatic nitrogens is 2. The maximum absolute atomic E-state index is 4.88. The van der Waals surface area contributed by atoms with Crippen molar-refractivity contribution >= 4 is 5.96 Å². The van der Waals surface area contributed by atoms with Gasteiger partial charge in [-0.25, -0.2) is 9.98 Å². The third-order valence-electron chi connectivity index (χ3n) is 5.65. The SMILES string of the molecule is CCNC(=NCc1ccccc1-c1ccc(Cn2ccnc2)cc1)NC1CCCC1. The van der Waals surface area contributed by atoms with Crippen LogP contribution < -0.4 is 10.6 Å². The average molecular weight is 402 g/mol. The first-order valence-electron chi connectivity index (χ1n) is 11.0. The number of nitrogens with zero attached hydrogens (tertiary/aromatic N) is 3. The third kappa shape index (κ3) is 5.29. The average Bonchev–Trinajstić information content (AvgIpc) is 3.47. The van der Waals surface area contributed by atoms with Crippen molar-refractivity contribution in [2.75, 3.05) is 6.54 Å². The molecule has 2 N–H and O–H groups in total. The van der Waals surface area contributed by atoms with Crippen LogP contribution in [0.4, 0.5) is 0 Å². The lowest BCUT2D eigenvalue weighted by Crippen LogP contribution is -2.42. The van der Waals surface area contributed by atoms with Gasteiger partial charge in [-0.05, 0) is 42.0 Å². The second-order valence-electron chi connectivity index (χ2n) is 7.91. The second kappa shape index (κ2) is 10.1. The number of guanidine groups is 1. The predicted molar refractivity (Wildman–Crippen MR) is 123 cm³/mol. The molecule has 1 aliphatic carbocycles. The monoisotopic (exact) mass is 401 g/mol. The molecule has 5 heteroatoms. The number of hydrogen-bond donors (Lipinski definition) is 2. The molecule has 0 spiro atoms. The second-order valence-corrected chi connectivity index (χ2v) is 7.91. The highest BCUT2D eigenvalue weighted by Crippen LogP contribution is 2.25. The molecule has 1 aromatic heterocycles. The fourth-order valence-corrected chi connectivity index (χ4v) is 4.07. The molecule has 0 saturated heterocycles. The Morgan fingerprint density at radius 3 is 2.63 bits per heavy atom. The number of imidazole rings is 1. The van der Waals surface area contributed by atoms with Crippen LogP contribution in [0, 0.1) is 0 Å². The Hall–Kier alpha value is -3.08. The summed E-state index contributed by atoms with van der Waals surface area (Å²) in [6.07, 6.45) is 10.8. The molecule has 0 atom stereocenters. The molecule has 1 aliphatic rings. The Bertz CT molecular complexity index is 938. The summed E-state index contributed by atoms with van der Waals surface area (Å²) in [5.41, 5.74) is 4.97. The van der Waals surface area contributed by atoms with Gasteiger partial charge in [0.15, 0.2) is 5.96 Å². The van der Waals surface area contributed by atoms with Crippen molar-refractivity contribution in [2.45, 2.75) is 51.7 Å². The van der Waals surface area contributed by atoms with Crippen LogP contribution >= 0.6 is 0 Å². The predicted octanol–water partition coefficient (Wildman–Crippen LogP) is 4.60. The van der Waals surface area contributed by atoms with Gasteiger partial charge >= 0.3 is 0 Å². The Kier molecular flexibility index (Phi) is 6.80. The lowest BCUT2D eigenvalue weighted by molar-refractivity contribution is 0.614. The summed E-state index contributed by atoms with van der Waals surface area (Å²) in [5, 5.41) is 7.01. The number of hydrogen-bond acceptors (Lipinski definition) is 2. The molecule has 1 heterocycles. The summed E-state index contributed by atoms with van der Waals surface area (Å²) in [6, 6.07) is 17.9. The van der Waals surface area contributed by atoms with Gasteiger partial charge in [-0.3, -0.25) is 0 Å². The largest absolute Gasteiger partial charge is 0.357 e. The molecule has 2 aromatic carbocycles. The van der Waals surface area contributed by atoms with E-state index in [0.29, 0.717) is 12.6 Å². The van der Waals surface area contributed by atoms with E-state index in [0.717, 1.165) is 19.0 Å². The van der Waals surface area contributed by atoms with Gasteiger partial charge in [-0.1, -0.05) is 61.4 Å². The minimum atomic E-state index is 0.557. The van der Waals surface area contributed by atoms with Gasteiger partial charge in [0, 0.05) is 31.5 Å². The summed E-state index contributed by atoms with van der Waals surface area (Å²) in [6.45, 7) is 4.49. The van der Waals surface area contributed by atoms with Gasteiger partial charge in [0.25, 0.3) is 0 Å². The van der Waals surface area contributed by atoms with Gasteiger partial charge < -0.3 is 15.2 Å². The van der Waals surface area contributed by atoms with Crippen LogP contribution in [0.5, 0.6) is 0 Å². The molecule has 1 fully saturated rings. The van der Waals surface area contributed by atoms with E-state index in [1.165, 1.54) is 47.9 Å². The molecule has 30 heavy (non-hydrogen) atoms. The summed E-state index contributed by atoms with van der Waals surface area (Å²) >= 11 is 0. The van der Waals surface area contributed by atoms with Crippen molar-refractivity contribution in [1.29, 1.82) is 0 Å². The molecule has 4 rings (SSSR count). The van der Waals surface area contributed by atoms with Crippen molar-refractivity contribution in [1.82, 2.24) is 20.2 Å². The van der Waals surface area contributed by atoms with Crippen LogP contribution in [0.2, 0.25) is 0 Å². The van der Waals surface area contributed by atoms with E-state index in [-0.39, 0.29) is 0 Å². The number of benzene rings is 2. The summed E-state index contributed by atoms with van der Waals surface area (Å²) in [4.78, 5) is 9.00. The fraction of sp³-hybridized carbons (Fsp3) is 0.360. The van der Waals surface area contributed by atoms with Crippen molar-refractivity contribution < 1.29 is 0 Å². The van der Waals surface area contributed by atoms with Crippen LogP contribution in [0.25, 0.3) is 11.1 Å². The molecule has 0 bridgehead atoms. The van der Waals surface area contributed by atoms with E-state index in [1.807, 2.05) is 18.7 Å². The Morgan fingerprint density at radius 1 is 1.10 bits per heavy atom. The molecule has 0 aliphatic heterocycles. The van der Waals surface area contributed by atoms with Crippen molar-refractivity contribution in [3.05, 3.63) is 78.4 Å². The number of rotatable bonds is 7. The fourth-order valence-electron chi connectivity index (χ4n) is 4.07. The zero-order valence-electron chi connectivity index (χ0n) is 17.7. The molecule has 1 saturated carbocycles. The molecule has 156 valence electrons. The highest BCUT2D eigenvalue weighted by atomic mass is 15.2. The minimum Gasteiger partial charge on any atom is -0.357 e. The molecular weight excluding hydrogens is 370 g/mol. The zero-order chi connectivity index (χ0) is 20.6. The molecule has 5 nitrogen and oxygen atoms in total. The molecule has 3 aromatic rings. The lowest BCUT2D eigenvalue weighted by atomic mass is 9.98. The zero-order valence-corrected chi connectivity index (χ0v) is 17.7. The van der Waals surface area contributed by atoms with Gasteiger partial charge in [-0.15, -0.1) is 0 Å². The molecule has 0 unspecified atom stereocenters. The van der Waals surface area contributed by atoms with E-state index >= 15 is 0 Å². The molecule has 0 radical (unpaired) electrons. The van der Waals surface area contributed by atoms with E-state index < -0.39 is 0 Å². The maximum atomic E-state index is 4.88. The summed E-state index contributed by atoms with van der Waals surface area (Å²) < 4.78 is 2.08. The minimum absolute atomic E-state index is 0.557. The lowest BCUT2D eigenvalue weighted by Gasteiger charge is -2.17. The van der Waals surface area contributed by atoms with Crippen LogP contribution in [-0.4, -0.2) is 28.1 Å². The van der Waals surface area contributed by atoms with E-state index in [1.54, 1.807) is 0 Å². The number of aliphatic imine (C=N–C) groups is 1. The van der Waals surface area contributed by atoms with Crippen LogP contribution in [0.15, 0.2) is 72.2 Å². The van der Waals surface area contributed by atoms with E-state index in [2.05, 4.69) is 75.6 Å². The van der Waals surface area contributed by atoms with Crippen molar-refractivity contribution in [2.24, 2.45) is 4.99 Å². The Balaban J connectivity index is 1.48. The Labute approximate surface area is 179 Å². The van der Waals surface area contributed by atoms with Crippen LogP contribution in [-0.2, 0) is 13.1 Å². The van der Waals surface area contributed by atoms with Gasteiger partial charge in [0.05, 0.1) is 12.9 Å². The normalized spacial score (nSPS) is 14.8. The molecule has 0 amide bonds. The topological polar surface area (TPSA) is 54.2 Å².